The number of carbonyl (C=O) groups excluding carboxylic acids is 1. The van der Waals surface area contributed by atoms with E-state index in [1.54, 1.807) is 6.07 Å². The predicted octanol–water partition coefficient (Wildman–Crippen LogP) is 3.06. The molecule has 0 radical (unpaired) electrons. The summed E-state index contributed by atoms with van der Waals surface area (Å²) in [6.07, 6.45) is -3.22. The molecule has 3 heterocycles. The van der Waals surface area contributed by atoms with Crippen LogP contribution in [-0.4, -0.2) is 54.8 Å². The van der Waals surface area contributed by atoms with E-state index in [1.165, 1.54) is 0 Å². The van der Waals surface area contributed by atoms with Gasteiger partial charge in [-0.3, -0.25) is 4.79 Å². The van der Waals surface area contributed by atoms with Crippen molar-refractivity contribution in [3.63, 3.8) is 0 Å². The standard InChI is InChI=1S/C22H31NO7/c1-12(2)11-25-14-10-8-7-9-13(14)23-19(24)17-15-16(28-21(3,4)27-15)18-20(26-17)30-22(5,6)29-18/h7-10,12,15-18,20H,11H2,1-6H3,(H,23,24)/t15-,16+,17+,18+,20+/m0/s1. The van der Waals surface area contributed by atoms with E-state index in [0.717, 1.165) is 0 Å². The second-order valence-corrected chi connectivity index (χ2v) is 9.28. The van der Waals surface area contributed by atoms with Gasteiger partial charge in [0.05, 0.1) is 12.3 Å². The number of para-hydroxylation sites is 2. The zero-order valence-corrected chi connectivity index (χ0v) is 18.3. The third kappa shape index (κ3) is 4.33. The summed E-state index contributed by atoms with van der Waals surface area (Å²) in [4.78, 5) is 13.2. The second-order valence-electron chi connectivity index (χ2n) is 9.28. The third-order valence-corrected chi connectivity index (χ3v) is 5.13. The summed E-state index contributed by atoms with van der Waals surface area (Å²) in [5, 5.41) is 2.92. The average Bonchev–Trinajstić information content (AvgIpc) is 3.13. The number of ether oxygens (including phenoxy) is 6. The van der Waals surface area contributed by atoms with E-state index in [2.05, 4.69) is 19.2 Å². The summed E-state index contributed by atoms with van der Waals surface area (Å²) < 4.78 is 35.8. The van der Waals surface area contributed by atoms with Gasteiger partial charge in [-0.25, -0.2) is 0 Å². The molecule has 8 nitrogen and oxygen atoms in total. The van der Waals surface area contributed by atoms with E-state index >= 15 is 0 Å². The Hall–Kier alpha value is -1.71. The van der Waals surface area contributed by atoms with Crippen molar-refractivity contribution in [3.8, 4) is 5.75 Å². The van der Waals surface area contributed by atoms with Crippen molar-refractivity contribution in [3.05, 3.63) is 24.3 Å². The van der Waals surface area contributed by atoms with Crippen molar-refractivity contribution >= 4 is 11.6 Å². The number of rotatable bonds is 5. The van der Waals surface area contributed by atoms with Crippen LogP contribution in [0.4, 0.5) is 5.69 Å². The van der Waals surface area contributed by atoms with Crippen molar-refractivity contribution in [2.24, 2.45) is 5.92 Å². The van der Waals surface area contributed by atoms with Crippen LogP contribution in [0.5, 0.6) is 5.75 Å². The minimum absolute atomic E-state index is 0.348. The van der Waals surface area contributed by atoms with Crippen LogP contribution >= 0.6 is 0 Å². The molecule has 8 heteroatoms. The Labute approximate surface area is 177 Å². The molecule has 166 valence electrons. The molecule has 1 amide bonds. The molecule has 0 bridgehead atoms. The molecule has 4 rings (SSSR count). The molecule has 1 aromatic rings. The van der Waals surface area contributed by atoms with Crippen LogP contribution in [0.2, 0.25) is 0 Å². The maximum absolute atomic E-state index is 13.2. The zero-order valence-electron chi connectivity index (χ0n) is 18.3. The lowest BCUT2D eigenvalue weighted by Crippen LogP contribution is -2.58. The summed E-state index contributed by atoms with van der Waals surface area (Å²) in [6.45, 7) is 11.9. The smallest absolute Gasteiger partial charge is 0.256 e. The molecule has 0 aliphatic carbocycles. The Kier molecular flexibility index (Phi) is 5.57. The van der Waals surface area contributed by atoms with Gasteiger partial charge in [0, 0.05) is 0 Å². The van der Waals surface area contributed by atoms with Gasteiger partial charge < -0.3 is 33.7 Å². The molecule has 3 aliphatic heterocycles. The molecule has 30 heavy (non-hydrogen) atoms. The van der Waals surface area contributed by atoms with E-state index < -0.39 is 42.3 Å². The Morgan fingerprint density at radius 2 is 1.63 bits per heavy atom. The number of anilines is 1. The predicted molar refractivity (Wildman–Crippen MR) is 108 cm³/mol. The van der Waals surface area contributed by atoms with Gasteiger partial charge in [0.1, 0.15) is 24.1 Å². The molecular formula is C22H31NO7. The fourth-order valence-electron chi connectivity index (χ4n) is 3.98. The lowest BCUT2D eigenvalue weighted by Gasteiger charge is -2.36. The highest BCUT2D eigenvalue weighted by molar-refractivity contribution is 5.96. The number of carbonyl (C=O) groups is 1. The van der Waals surface area contributed by atoms with Crippen molar-refractivity contribution in [1.29, 1.82) is 0 Å². The highest BCUT2D eigenvalue weighted by Gasteiger charge is 2.62. The Bertz CT molecular complexity index is 793. The van der Waals surface area contributed by atoms with Crippen molar-refractivity contribution < 1.29 is 33.2 Å². The fourth-order valence-corrected chi connectivity index (χ4v) is 3.98. The first-order valence-electron chi connectivity index (χ1n) is 10.4. The second kappa shape index (κ2) is 7.76. The normalized spacial score (nSPS) is 33.8. The number of hydrogen-bond donors (Lipinski definition) is 1. The number of hydrogen-bond acceptors (Lipinski definition) is 7. The summed E-state index contributed by atoms with van der Waals surface area (Å²) in [7, 11) is 0. The van der Waals surface area contributed by atoms with Crippen LogP contribution in [0.15, 0.2) is 24.3 Å². The van der Waals surface area contributed by atoms with Crippen LogP contribution in [0.1, 0.15) is 41.5 Å². The number of fused-ring (bicyclic) bond motifs is 3. The van der Waals surface area contributed by atoms with Gasteiger partial charge in [-0.2, -0.15) is 0 Å². The van der Waals surface area contributed by atoms with Crippen molar-refractivity contribution in [2.45, 2.75) is 83.8 Å². The molecule has 0 saturated carbocycles. The minimum Gasteiger partial charge on any atom is -0.491 e. The van der Waals surface area contributed by atoms with Gasteiger partial charge in [-0.05, 0) is 45.7 Å². The Balaban J connectivity index is 1.54. The topological polar surface area (TPSA) is 84.5 Å². The van der Waals surface area contributed by atoms with Gasteiger partial charge in [-0.15, -0.1) is 0 Å². The zero-order chi connectivity index (χ0) is 21.7. The van der Waals surface area contributed by atoms with Gasteiger partial charge >= 0.3 is 0 Å². The van der Waals surface area contributed by atoms with E-state index in [-0.39, 0.29) is 5.91 Å². The third-order valence-electron chi connectivity index (χ3n) is 5.13. The van der Waals surface area contributed by atoms with E-state index in [9.17, 15) is 4.79 Å². The van der Waals surface area contributed by atoms with Crippen LogP contribution < -0.4 is 10.1 Å². The highest BCUT2D eigenvalue weighted by atomic mass is 16.9. The Morgan fingerprint density at radius 1 is 1.00 bits per heavy atom. The van der Waals surface area contributed by atoms with Gasteiger partial charge in [0.15, 0.2) is 24.0 Å². The summed E-state index contributed by atoms with van der Waals surface area (Å²) in [6, 6.07) is 7.33. The molecule has 1 aromatic carbocycles. The van der Waals surface area contributed by atoms with Gasteiger partial charge in [-0.1, -0.05) is 26.0 Å². The molecule has 0 unspecified atom stereocenters. The molecule has 3 aliphatic rings. The largest absolute Gasteiger partial charge is 0.491 e. The van der Waals surface area contributed by atoms with Gasteiger partial charge in [0.25, 0.3) is 5.91 Å². The highest BCUT2D eigenvalue weighted by Crippen LogP contribution is 2.44. The van der Waals surface area contributed by atoms with E-state index in [4.69, 9.17) is 28.4 Å². The lowest BCUT2D eigenvalue weighted by atomic mass is 9.98. The molecule has 5 atom stereocenters. The van der Waals surface area contributed by atoms with Gasteiger partial charge in [0.2, 0.25) is 0 Å². The molecule has 3 saturated heterocycles. The summed E-state index contributed by atoms with van der Waals surface area (Å²) in [5.41, 5.74) is 0.576. The first-order chi connectivity index (χ1) is 14.0. The van der Waals surface area contributed by atoms with E-state index in [0.29, 0.717) is 24.0 Å². The van der Waals surface area contributed by atoms with Crippen molar-refractivity contribution in [1.82, 2.24) is 0 Å². The first kappa shape index (κ1) is 21.5. The van der Waals surface area contributed by atoms with Crippen LogP contribution in [0, 0.1) is 5.92 Å². The van der Waals surface area contributed by atoms with Crippen LogP contribution in [0.3, 0.4) is 0 Å². The number of nitrogens with one attached hydrogen (secondary N) is 1. The van der Waals surface area contributed by atoms with Crippen molar-refractivity contribution in [2.75, 3.05) is 11.9 Å². The summed E-state index contributed by atoms with van der Waals surface area (Å²) >= 11 is 0. The maximum atomic E-state index is 13.2. The SMILES string of the molecule is CC(C)COc1ccccc1NC(=O)[C@@H]1O[C@@H]2OC(C)(C)O[C@@H]2[C@@H]2OC(C)(C)O[C@@H]21. The van der Waals surface area contributed by atoms with E-state index in [1.807, 2.05) is 45.9 Å². The monoisotopic (exact) mass is 421 g/mol. The maximum Gasteiger partial charge on any atom is 0.256 e. The molecule has 0 spiro atoms. The van der Waals surface area contributed by atoms with Crippen LogP contribution in [-0.2, 0) is 28.5 Å². The summed E-state index contributed by atoms with van der Waals surface area (Å²) in [5.74, 6) is -1.07. The van der Waals surface area contributed by atoms with Crippen LogP contribution in [0.25, 0.3) is 0 Å². The lowest BCUT2D eigenvalue weighted by molar-refractivity contribution is -0.229. The molecule has 1 N–H and O–H groups in total. The fraction of sp³-hybridized carbons (Fsp3) is 0.682. The molecule has 3 fully saturated rings. The average molecular weight is 421 g/mol. The first-order valence-corrected chi connectivity index (χ1v) is 10.4. The molecular weight excluding hydrogens is 390 g/mol. The number of benzene rings is 1. The number of amides is 1. The molecule has 0 aromatic heterocycles. The quantitative estimate of drug-likeness (QED) is 0.782. The Morgan fingerprint density at radius 3 is 2.37 bits per heavy atom. The minimum atomic E-state index is -0.923.